The molecule has 0 saturated heterocycles. The van der Waals surface area contributed by atoms with E-state index in [4.69, 9.17) is 9.26 Å². The van der Waals surface area contributed by atoms with Gasteiger partial charge in [0.05, 0.1) is 5.39 Å². The quantitative estimate of drug-likeness (QED) is 0.579. The van der Waals surface area contributed by atoms with Crippen molar-refractivity contribution in [2.75, 3.05) is 5.32 Å². The minimum absolute atomic E-state index is 0.0153. The third kappa shape index (κ3) is 2.54. The third-order valence-corrected chi connectivity index (χ3v) is 3.60. The van der Waals surface area contributed by atoms with Crippen LogP contribution >= 0.6 is 0 Å². The van der Waals surface area contributed by atoms with Gasteiger partial charge in [-0.3, -0.25) is 5.32 Å². The van der Waals surface area contributed by atoms with Crippen LogP contribution in [0.25, 0.3) is 21.7 Å². The molecule has 1 amide bonds. The Hall–Kier alpha value is -3.41. The van der Waals surface area contributed by atoms with Crippen molar-refractivity contribution >= 4 is 33.7 Å². The zero-order valence-corrected chi connectivity index (χ0v) is 12.3. The number of hydrogen-bond donors (Lipinski definition) is 1. The van der Waals surface area contributed by atoms with Gasteiger partial charge in [0.15, 0.2) is 11.6 Å². The number of carbonyl (C=O) groups excluding carboxylic acids is 1. The van der Waals surface area contributed by atoms with Gasteiger partial charge in [-0.05, 0) is 35.0 Å². The van der Waals surface area contributed by atoms with Crippen molar-refractivity contribution in [1.82, 2.24) is 5.16 Å². The van der Waals surface area contributed by atoms with Crippen LogP contribution in [0.5, 0.6) is 5.75 Å². The summed E-state index contributed by atoms with van der Waals surface area (Å²) in [5, 5.41) is 8.48. The molecule has 0 spiro atoms. The normalized spacial score (nSPS) is 10.9. The monoisotopic (exact) mass is 322 g/mol. The molecule has 0 unspecified atom stereocenters. The molecule has 4 rings (SSSR count). The lowest BCUT2D eigenvalue weighted by Crippen LogP contribution is -2.17. The van der Waals surface area contributed by atoms with Gasteiger partial charge in [0.2, 0.25) is 5.58 Å². The number of fused-ring (bicyclic) bond motifs is 2. The largest absolute Gasteiger partial charge is 0.418 e. The molecule has 0 aliphatic rings. The average molecular weight is 322 g/mol. The zero-order chi connectivity index (χ0) is 16.5. The first-order chi connectivity index (χ1) is 11.7. The lowest BCUT2D eigenvalue weighted by atomic mass is 10.1. The molecule has 3 aromatic carbocycles. The summed E-state index contributed by atoms with van der Waals surface area (Å²) in [6.45, 7) is 0. The van der Waals surface area contributed by atoms with Crippen molar-refractivity contribution in [2.24, 2.45) is 0 Å². The van der Waals surface area contributed by atoms with E-state index in [-0.39, 0.29) is 11.4 Å². The summed E-state index contributed by atoms with van der Waals surface area (Å²) in [5.41, 5.74) is -0.0153. The van der Waals surface area contributed by atoms with E-state index in [9.17, 15) is 9.18 Å². The molecule has 24 heavy (non-hydrogen) atoms. The van der Waals surface area contributed by atoms with Gasteiger partial charge in [-0.2, -0.15) is 0 Å². The topological polar surface area (TPSA) is 64.4 Å². The highest BCUT2D eigenvalue weighted by molar-refractivity contribution is 5.97. The van der Waals surface area contributed by atoms with Gasteiger partial charge in [-0.15, -0.1) is 0 Å². The Morgan fingerprint density at radius 1 is 1.04 bits per heavy atom. The summed E-state index contributed by atoms with van der Waals surface area (Å²) < 4.78 is 23.7. The number of para-hydroxylation sites is 1. The minimum atomic E-state index is -0.732. The van der Waals surface area contributed by atoms with E-state index in [0.717, 1.165) is 10.8 Å². The second-order valence-corrected chi connectivity index (χ2v) is 5.17. The van der Waals surface area contributed by atoms with Crippen LogP contribution in [-0.2, 0) is 0 Å². The first-order valence-electron chi connectivity index (χ1n) is 7.22. The Morgan fingerprint density at radius 3 is 2.75 bits per heavy atom. The van der Waals surface area contributed by atoms with Gasteiger partial charge < -0.3 is 9.26 Å². The fourth-order valence-electron chi connectivity index (χ4n) is 2.48. The molecule has 6 heteroatoms. The molecule has 4 aromatic rings. The SMILES string of the molecule is O=C(Nc1noc2c(F)cccc12)Oc1ccc2ccccc2c1. The molecule has 0 fully saturated rings. The average Bonchev–Trinajstić information content (AvgIpc) is 2.99. The van der Waals surface area contributed by atoms with E-state index in [0.29, 0.717) is 11.1 Å². The molecule has 1 aromatic heterocycles. The van der Waals surface area contributed by atoms with E-state index >= 15 is 0 Å². The number of aromatic nitrogens is 1. The Morgan fingerprint density at radius 2 is 1.88 bits per heavy atom. The Kier molecular flexibility index (Phi) is 3.35. The van der Waals surface area contributed by atoms with Crippen molar-refractivity contribution in [3.63, 3.8) is 0 Å². The Labute approximate surface area is 135 Å². The highest BCUT2D eigenvalue weighted by Gasteiger charge is 2.15. The first kappa shape index (κ1) is 14.2. The summed E-state index contributed by atoms with van der Waals surface area (Å²) in [6, 6.07) is 17.4. The number of nitrogens with one attached hydrogen (secondary N) is 1. The summed E-state index contributed by atoms with van der Waals surface area (Å²) >= 11 is 0. The lowest BCUT2D eigenvalue weighted by molar-refractivity contribution is 0.215. The van der Waals surface area contributed by atoms with Gasteiger partial charge >= 0.3 is 6.09 Å². The Bertz CT molecular complexity index is 1060. The van der Waals surface area contributed by atoms with Crippen molar-refractivity contribution in [3.8, 4) is 5.75 Å². The van der Waals surface area contributed by atoms with Crippen molar-refractivity contribution in [2.45, 2.75) is 0 Å². The molecular weight excluding hydrogens is 311 g/mol. The van der Waals surface area contributed by atoms with Crippen LogP contribution in [0.3, 0.4) is 0 Å². The number of rotatable bonds is 2. The van der Waals surface area contributed by atoms with E-state index in [1.807, 2.05) is 30.3 Å². The van der Waals surface area contributed by atoms with Gasteiger partial charge in [0.25, 0.3) is 0 Å². The third-order valence-electron chi connectivity index (χ3n) is 3.60. The molecule has 5 nitrogen and oxygen atoms in total. The number of nitrogens with zero attached hydrogens (tertiary/aromatic N) is 1. The molecule has 0 bridgehead atoms. The molecule has 0 atom stereocenters. The van der Waals surface area contributed by atoms with E-state index < -0.39 is 11.9 Å². The number of carbonyl (C=O) groups is 1. The number of benzene rings is 3. The van der Waals surface area contributed by atoms with Crippen LogP contribution in [0.1, 0.15) is 0 Å². The number of anilines is 1. The fraction of sp³-hybridized carbons (Fsp3) is 0. The Balaban J connectivity index is 1.56. The van der Waals surface area contributed by atoms with Gasteiger partial charge in [-0.25, -0.2) is 9.18 Å². The van der Waals surface area contributed by atoms with Crippen LogP contribution in [-0.4, -0.2) is 11.2 Å². The van der Waals surface area contributed by atoms with Crippen LogP contribution in [0.15, 0.2) is 65.2 Å². The molecule has 0 saturated carbocycles. The van der Waals surface area contributed by atoms with Gasteiger partial charge in [-0.1, -0.05) is 41.6 Å². The summed E-state index contributed by atoms with van der Waals surface area (Å²) in [7, 11) is 0. The second-order valence-electron chi connectivity index (χ2n) is 5.17. The van der Waals surface area contributed by atoms with E-state index in [1.54, 1.807) is 18.2 Å². The molecule has 1 heterocycles. The summed E-state index contributed by atoms with van der Waals surface area (Å²) in [4.78, 5) is 12.0. The standard InChI is InChI=1S/C18H11FN2O3/c19-15-7-3-6-14-16(15)24-21-17(14)20-18(22)23-13-9-8-11-4-1-2-5-12(11)10-13/h1-10H,(H,20,21,22). The highest BCUT2D eigenvalue weighted by atomic mass is 19.1. The first-order valence-corrected chi connectivity index (χ1v) is 7.22. The number of amides is 1. The maximum atomic E-state index is 13.6. The maximum absolute atomic E-state index is 13.6. The summed E-state index contributed by atoms with van der Waals surface area (Å²) in [5.74, 6) is -0.0450. The minimum Gasteiger partial charge on any atom is -0.410 e. The van der Waals surface area contributed by atoms with Crippen LogP contribution < -0.4 is 10.1 Å². The molecule has 0 aliphatic carbocycles. The van der Waals surface area contributed by atoms with Gasteiger partial charge in [0.1, 0.15) is 5.75 Å². The summed E-state index contributed by atoms with van der Waals surface area (Å²) in [6.07, 6.45) is -0.732. The van der Waals surface area contributed by atoms with E-state index in [1.165, 1.54) is 12.1 Å². The lowest BCUT2D eigenvalue weighted by Gasteiger charge is -2.06. The molecule has 0 aliphatic heterocycles. The maximum Gasteiger partial charge on any atom is 0.418 e. The number of hydrogen-bond acceptors (Lipinski definition) is 4. The number of ether oxygens (including phenoxy) is 1. The van der Waals surface area contributed by atoms with Crippen LogP contribution in [0, 0.1) is 5.82 Å². The van der Waals surface area contributed by atoms with Crippen molar-refractivity contribution in [1.29, 1.82) is 0 Å². The molecular formula is C18H11FN2O3. The zero-order valence-electron chi connectivity index (χ0n) is 12.3. The second kappa shape index (κ2) is 5.66. The number of halogens is 1. The molecule has 1 N–H and O–H groups in total. The van der Waals surface area contributed by atoms with Crippen LogP contribution in [0.4, 0.5) is 15.0 Å². The predicted molar refractivity (Wildman–Crippen MR) is 87.6 cm³/mol. The predicted octanol–water partition coefficient (Wildman–Crippen LogP) is 4.73. The fourth-order valence-corrected chi connectivity index (χ4v) is 2.48. The molecule has 0 radical (unpaired) electrons. The van der Waals surface area contributed by atoms with Crippen molar-refractivity contribution < 1.29 is 18.4 Å². The van der Waals surface area contributed by atoms with Crippen molar-refractivity contribution in [3.05, 3.63) is 66.5 Å². The van der Waals surface area contributed by atoms with E-state index in [2.05, 4.69) is 10.5 Å². The highest BCUT2D eigenvalue weighted by Crippen LogP contribution is 2.25. The van der Waals surface area contributed by atoms with Gasteiger partial charge in [0, 0.05) is 0 Å². The van der Waals surface area contributed by atoms with Crippen LogP contribution in [0.2, 0.25) is 0 Å². The molecule has 118 valence electrons. The smallest absolute Gasteiger partial charge is 0.410 e.